The van der Waals surface area contributed by atoms with Gasteiger partial charge in [-0.3, -0.25) is 14.8 Å². The van der Waals surface area contributed by atoms with Gasteiger partial charge >= 0.3 is 0 Å². The van der Waals surface area contributed by atoms with Crippen molar-refractivity contribution in [3.8, 4) is 0 Å². The van der Waals surface area contributed by atoms with Crippen molar-refractivity contribution >= 4 is 17.6 Å². The molecule has 3 rings (SSSR count). The first-order chi connectivity index (χ1) is 13.8. The van der Waals surface area contributed by atoms with Crippen LogP contribution >= 0.6 is 0 Å². The molecule has 0 aliphatic heterocycles. The van der Waals surface area contributed by atoms with E-state index in [1.54, 1.807) is 0 Å². The lowest BCUT2D eigenvalue weighted by Crippen LogP contribution is -2.36. The van der Waals surface area contributed by atoms with Crippen molar-refractivity contribution in [2.75, 3.05) is 5.32 Å². The number of aryl methyl sites for hydroxylation is 4. The zero-order valence-electron chi connectivity index (χ0n) is 17.6. The molecule has 1 aromatic heterocycles. The van der Waals surface area contributed by atoms with E-state index >= 15 is 0 Å². The van der Waals surface area contributed by atoms with E-state index in [9.17, 15) is 4.79 Å². The van der Waals surface area contributed by atoms with Gasteiger partial charge in [0.1, 0.15) is 0 Å². The van der Waals surface area contributed by atoms with Crippen molar-refractivity contribution < 1.29 is 4.79 Å². The summed E-state index contributed by atoms with van der Waals surface area (Å²) in [6.07, 6.45) is 0. The maximum atomic E-state index is 12.9. The van der Waals surface area contributed by atoms with E-state index in [2.05, 4.69) is 20.7 Å². The number of amides is 1. The summed E-state index contributed by atoms with van der Waals surface area (Å²) in [7, 11) is 1.92. The highest BCUT2D eigenvalue weighted by Gasteiger charge is 2.13. The molecule has 0 radical (unpaired) electrons. The summed E-state index contributed by atoms with van der Waals surface area (Å²) in [5.74, 6) is 0.210. The van der Waals surface area contributed by atoms with Gasteiger partial charge in [-0.25, -0.2) is 4.99 Å². The molecule has 0 saturated carbocycles. The van der Waals surface area contributed by atoms with Gasteiger partial charge < -0.3 is 5.32 Å². The number of carbonyl (C=O) groups excluding carboxylic acids is 1. The van der Waals surface area contributed by atoms with Crippen LogP contribution in [-0.4, -0.2) is 21.6 Å². The van der Waals surface area contributed by atoms with Crippen molar-refractivity contribution in [1.82, 2.24) is 15.1 Å². The molecule has 0 aliphatic carbocycles. The molecule has 0 unspecified atom stereocenters. The molecule has 0 spiro atoms. The number of anilines is 1. The monoisotopic (exact) mass is 389 g/mol. The fourth-order valence-corrected chi connectivity index (χ4v) is 3.26. The van der Waals surface area contributed by atoms with Crippen molar-refractivity contribution in [3.05, 3.63) is 82.2 Å². The minimum absolute atomic E-state index is 0.196. The van der Waals surface area contributed by atoms with E-state index in [0.29, 0.717) is 18.1 Å². The van der Waals surface area contributed by atoms with Gasteiger partial charge in [-0.2, -0.15) is 5.10 Å². The molecule has 0 saturated heterocycles. The normalized spacial score (nSPS) is 11.4. The number of hydrogen-bond donors (Lipinski definition) is 2. The van der Waals surface area contributed by atoms with E-state index in [4.69, 9.17) is 0 Å². The Kier molecular flexibility index (Phi) is 6.12. The number of hydrogen-bond acceptors (Lipinski definition) is 3. The molecule has 3 aromatic rings. The smallest absolute Gasteiger partial charge is 0.257 e. The zero-order chi connectivity index (χ0) is 21.0. The van der Waals surface area contributed by atoms with Crippen LogP contribution in [0.1, 0.15) is 38.4 Å². The van der Waals surface area contributed by atoms with Crippen LogP contribution < -0.4 is 10.6 Å². The standard InChI is InChI=1S/C23H27N5O/c1-15-11-16(2)13-19(12-15)22(29)26-23(25-20-9-7-6-8-10-20)24-14-21-17(3)27-28(5)18(21)4/h6-13H,14H2,1-5H3,(H2,24,25,26,29). The van der Waals surface area contributed by atoms with Crippen molar-refractivity contribution in [2.45, 2.75) is 34.2 Å². The third-order valence-electron chi connectivity index (χ3n) is 4.81. The van der Waals surface area contributed by atoms with Gasteiger partial charge in [-0.05, 0) is 52.0 Å². The number of guanidine groups is 1. The highest BCUT2D eigenvalue weighted by Crippen LogP contribution is 2.14. The van der Waals surface area contributed by atoms with Crippen LogP contribution in [0.25, 0.3) is 0 Å². The van der Waals surface area contributed by atoms with Gasteiger partial charge in [0.25, 0.3) is 5.91 Å². The highest BCUT2D eigenvalue weighted by atomic mass is 16.1. The largest absolute Gasteiger partial charge is 0.326 e. The Morgan fingerprint density at radius 1 is 1.03 bits per heavy atom. The van der Waals surface area contributed by atoms with Crippen LogP contribution in [0.3, 0.4) is 0 Å². The van der Waals surface area contributed by atoms with Crippen molar-refractivity contribution in [3.63, 3.8) is 0 Å². The molecule has 1 heterocycles. The van der Waals surface area contributed by atoms with Crippen molar-refractivity contribution in [1.29, 1.82) is 0 Å². The van der Waals surface area contributed by atoms with E-state index in [0.717, 1.165) is 33.8 Å². The third-order valence-corrected chi connectivity index (χ3v) is 4.81. The first-order valence-corrected chi connectivity index (χ1v) is 9.58. The van der Waals surface area contributed by atoms with E-state index in [-0.39, 0.29) is 5.91 Å². The Morgan fingerprint density at radius 2 is 1.69 bits per heavy atom. The Morgan fingerprint density at radius 3 is 2.28 bits per heavy atom. The van der Waals surface area contributed by atoms with Gasteiger partial charge in [0.2, 0.25) is 5.96 Å². The third kappa shape index (κ3) is 5.10. The van der Waals surface area contributed by atoms with Crippen LogP contribution in [0.2, 0.25) is 0 Å². The number of nitrogens with one attached hydrogen (secondary N) is 2. The minimum Gasteiger partial charge on any atom is -0.326 e. The van der Waals surface area contributed by atoms with Gasteiger partial charge in [-0.15, -0.1) is 0 Å². The lowest BCUT2D eigenvalue weighted by atomic mass is 10.1. The summed E-state index contributed by atoms with van der Waals surface area (Å²) in [4.78, 5) is 17.5. The Labute approximate surface area is 171 Å². The van der Waals surface area contributed by atoms with Crippen LogP contribution in [0, 0.1) is 27.7 Å². The first kappa shape index (κ1) is 20.3. The fourth-order valence-electron chi connectivity index (χ4n) is 3.26. The molecule has 0 atom stereocenters. The lowest BCUT2D eigenvalue weighted by Gasteiger charge is -2.13. The number of benzene rings is 2. The molecule has 2 aromatic carbocycles. The van der Waals surface area contributed by atoms with E-state index < -0.39 is 0 Å². The van der Waals surface area contributed by atoms with Gasteiger partial charge in [-0.1, -0.05) is 35.4 Å². The summed E-state index contributed by atoms with van der Waals surface area (Å²) in [5, 5.41) is 10.6. The molecule has 2 N–H and O–H groups in total. The summed E-state index contributed by atoms with van der Waals surface area (Å²) >= 11 is 0. The predicted octanol–water partition coefficient (Wildman–Crippen LogP) is 4.05. The second-order valence-electron chi connectivity index (χ2n) is 7.26. The topological polar surface area (TPSA) is 71.3 Å². The SMILES string of the molecule is Cc1cc(C)cc(C(=O)NC(=NCc2c(C)nn(C)c2C)Nc2ccccc2)c1. The Hall–Kier alpha value is -3.41. The lowest BCUT2D eigenvalue weighted by molar-refractivity contribution is 0.0976. The van der Waals surface area contributed by atoms with E-state index in [1.165, 1.54) is 0 Å². The number of nitrogens with zero attached hydrogens (tertiary/aromatic N) is 3. The van der Waals surface area contributed by atoms with Gasteiger partial charge in [0.15, 0.2) is 0 Å². The molecule has 1 amide bonds. The number of aliphatic imine (C=N–C) groups is 1. The van der Waals surface area contributed by atoms with Crippen LogP contribution in [0.4, 0.5) is 5.69 Å². The van der Waals surface area contributed by atoms with Crippen LogP contribution in [-0.2, 0) is 13.6 Å². The second kappa shape index (κ2) is 8.73. The van der Waals surface area contributed by atoms with Gasteiger partial charge in [0, 0.05) is 29.6 Å². The number of para-hydroxylation sites is 1. The molecular weight excluding hydrogens is 362 g/mol. The highest BCUT2D eigenvalue weighted by molar-refractivity contribution is 6.10. The number of carbonyl (C=O) groups is 1. The molecule has 6 heteroatoms. The fraction of sp³-hybridized carbons (Fsp3) is 0.261. The zero-order valence-corrected chi connectivity index (χ0v) is 17.6. The second-order valence-corrected chi connectivity index (χ2v) is 7.26. The van der Waals surface area contributed by atoms with Gasteiger partial charge in [0.05, 0.1) is 12.2 Å². The number of rotatable bonds is 4. The molecule has 0 aliphatic rings. The summed E-state index contributed by atoms with van der Waals surface area (Å²) in [6.45, 7) is 8.37. The molecule has 0 fully saturated rings. The maximum absolute atomic E-state index is 12.9. The molecule has 0 bridgehead atoms. The molecule has 29 heavy (non-hydrogen) atoms. The van der Waals surface area contributed by atoms with Crippen LogP contribution in [0.5, 0.6) is 0 Å². The quantitative estimate of drug-likeness (QED) is 0.522. The molecular formula is C23H27N5O. The molecule has 6 nitrogen and oxygen atoms in total. The predicted molar refractivity (Wildman–Crippen MR) is 117 cm³/mol. The Balaban J connectivity index is 1.87. The summed E-state index contributed by atoms with van der Waals surface area (Å²) in [6, 6.07) is 15.5. The Bertz CT molecular complexity index is 1030. The summed E-state index contributed by atoms with van der Waals surface area (Å²) < 4.78 is 1.85. The minimum atomic E-state index is -0.196. The average Bonchev–Trinajstić information content (AvgIpc) is 2.91. The number of aromatic nitrogens is 2. The first-order valence-electron chi connectivity index (χ1n) is 9.58. The van der Waals surface area contributed by atoms with E-state index in [1.807, 2.05) is 88.0 Å². The molecule has 150 valence electrons. The van der Waals surface area contributed by atoms with Crippen LogP contribution in [0.15, 0.2) is 53.5 Å². The van der Waals surface area contributed by atoms with Crippen molar-refractivity contribution in [2.24, 2.45) is 12.0 Å². The summed E-state index contributed by atoms with van der Waals surface area (Å²) in [5.41, 5.74) is 6.61. The average molecular weight is 390 g/mol. The maximum Gasteiger partial charge on any atom is 0.257 e.